The highest BCUT2D eigenvalue weighted by atomic mass is 16.5. The first-order valence-corrected chi connectivity index (χ1v) is 10.8. The number of carbonyl (C=O) groups excluding carboxylic acids is 3. The van der Waals surface area contributed by atoms with E-state index in [0.29, 0.717) is 17.1 Å². The van der Waals surface area contributed by atoms with Crippen LogP contribution in [0.15, 0.2) is 66.2 Å². The van der Waals surface area contributed by atoms with Gasteiger partial charge in [0.15, 0.2) is 0 Å². The highest BCUT2D eigenvalue weighted by molar-refractivity contribution is 6.39. The molecule has 8 nitrogen and oxygen atoms in total. The SMILES string of the molecule is COc1ccc(/C=C2\C(=O)NC(=O)N(c3ccc(O)cc3)C2=O)c(OCc2ccc(C)c(C)c2)c1. The fourth-order valence-electron chi connectivity index (χ4n) is 3.59. The Kier molecular flexibility index (Phi) is 6.55. The number of hydrogen-bond donors (Lipinski definition) is 2. The van der Waals surface area contributed by atoms with Crippen LogP contribution in [0.5, 0.6) is 17.2 Å². The van der Waals surface area contributed by atoms with E-state index in [4.69, 9.17) is 9.47 Å². The van der Waals surface area contributed by atoms with Gasteiger partial charge in [-0.15, -0.1) is 0 Å². The number of aryl methyl sites for hydroxylation is 2. The quantitative estimate of drug-likeness (QED) is 0.410. The molecule has 0 radical (unpaired) electrons. The fraction of sp³-hybridized carbons (Fsp3) is 0.148. The molecule has 0 aromatic heterocycles. The Bertz CT molecular complexity index is 1340. The average molecular weight is 472 g/mol. The topological polar surface area (TPSA) is 105 Å². The summed E-state index contributed by atoms with van der Waals surface area (Å²) in [6.07, 6.45) is 1.38. The minimum Gasteiger partial charge on any atom is -0.508 e. The first kappa shape index (κ1) is 23.6. The smallest absolute Gasteiger partial charge is 0.335 e. The van der Waals surface area contributed by atoms with Crippen LogP contribution < -0.4 is 19.7 Å². The molecule has 0 aliphatic carbocycles. The van der Waals surface area contributed by atoms with E-state index < -0.39 is 17.8 Å². The van der Waals surface area contributed by atoms with Crippen LogP contribution in [0.25, 0.3) is 6.08 Å². The van der Waals surface area contributed by atoms with Crippen molar-refractivity contribution in [3.63, 3.8) is 0 Å². The second kappa shape index (κ2) is 9.72. The number of rotatable bonds is 6. The van der Waals surface area contributed by atoms with Crippen molar-refractivity contribution >= 4 is 29.6 Å². The van der Waals surface area contributed by atoms with Crippen LogP contribution in [-0.4, -0.2) is 30.1 Å². The number of benzene rings is 3. The largest absolute Gasteiger partial charge is 0.508 e. The van der Waals surface area contributed by atoms with E-state index in [2.05, 4.69) is 5.32 Å². The number of barbiturate groups is 1. The Labute approximate surface area is 202 Å². The van der Waals surface area contributed by atoms with E-state index in [1.807, 2.05) is 32.0 Å². The van der Waals surface area contributed by atoms with Crippen molar-refractivity contribution in [3.05, 3.63) is 88.5 Å². The lowest BCUT2D eigenvalue weighted by molar-refractivity contribution is -0.122. The van der Waals surface area contributed by atoms with Crippen LogP contribution in [0.1, 0.15) is 22.3 Å². The van der Waals surface area contributed by atoms with Crippen molar-refractivity contribution in [1.29, 1.82) is 0 Å². The Morgan fingerprint density at radius 2 is 1.69 bits per heavy atom. The standard InChI is InChI=1S/C27H24N2O6/c1-16-4-5-18(12-17(16)2)15-35-24-14-22(34-3)11-6-19(24)13-23-25(31)28-27(33)29(26(23)32)20-7-9-21(30)10-8-20/h4-14,30H,15H2,1-3H3,(H,28,31,33)/b23-13+. The number of nitrogens with zero attached hydrogens (tertiary/aromatic N) is 1. The molecule has 2 N–H and O–H groups in total. The van der Waals surface area contributed by atoms with E-state index in [0.717, 1.165) is 16.0 Å². The van der Waals surface area contributed by atoms with E-state index in [-0.39, 0.29) is 23.6 Å². The Hall–Kier alpha value is -4.59. The molecule has 1 saturated heterocycles. The fourth-order valence-corrected chi connectivity index (χ4v) is 3.59. The third kappa shape index (κ3) is 5.01. The summed E-state index contributed by atoms with van der Waals surface area (Å²) >= 11 is 0. The molecule has 3 aromatic carbocycles. The number of nitrogens with one attached hydrogen (secondary N) is 1. The third-order valence-corrected chi connectivity index (χ3v) is 5.70. The number of carbonyl (C=O) groups is 3. The Morgan fingerprint density at radius 3 is 2.37 bits per heavy atom. The molecule has 3 aromatic rings. The van der Waals surface area contributed by atoms with Crippen LogP contribution in [0.3, 0.4) is 0 Å². The van der Waals surface area contributed by atoms with Crippen molar-refractivity contribution in [3.8, 4) is 17.2 Å². The number of imide groups is 2. The van der Waals surface area contributed by atoms with Gasteiger partial charge in [-0.1, -0.05) is 18.2 Å². The zero-order valence-corrected chi connectivity index (χ0v) is 19.5. The van der Waals surface area contributed by atoms with Crippen molar-refractivity contribution in [1.82, 2.24) is 5.32 Å². The van der Waals surface area contributed by atoms with E-state index in [9.17, 15) is 19.5 Å². The highest BCUT2D eigenvalue weighted by Crippen LogP contribution is 2.30. The zero-order valence-electron chi connectivity index (χ0n) is 19.5. The molecule has 0 atom stereocenters. The summed E-state index contributed by atoms with van der Waals surface area (Å²) < 4.78 is 11.3. The number of phenols is 1. The number of urea groups is 1. The van der Waals surface area contributed by atoms with Crippen molar-refractivity contribution in [2.45, 2.75) is 20.5 Å². The van der Waals surface area contributed by atoms with E-state index >= 15 is 0 Å². The minimum atomic E-state index is -0.871. The number of hydrogen-bond acceptors (Lipinski definition) is 6. The lowest BCUT2D eigenvalue weighted by atomic mass is 10.1. The monoisotopic (exact) mass is 472 g/mol. The van der Waals surface area contributed by atoms with Gasteiger partial charge in [-0.2, -0.15) is 0 Å². The maximum Gasteiger partial charge on any atom is 0.335 e. The van der Waals surface area contributed by atoms with Crippen LogP contribution in [-0.2, 0) is 16.2 Å². The van der Waals surface area contributed by atoms with Crippen molar-refractivity contribution in [2.24, 2.45) is 0 Å². The molecule has 8 heteroatoms. The van der Waals surface area contributed by atoms with Crippen molar-refractivity contribution < 1.29 is 29.0 Å². The number of ether oxygens (including phenoxy) is 2. The Morgan fingerprint density at radius 1 is 0.943 bits per heavy atom. The van der Waals surface area contributed by atoms with Crippen molar-refractivity contribution in [2.75, 3.05) is 12.0 Å². The summed E-state index contributed by atoms with van der Waals surface area (Å²) in [5.41, 5.74) is 3.72. The molecule has 35 heavy (non-hydrogen) atoms. The molecule has 1 heterocycles. The van der Waals surface area contributed by atoms with Gasteiger partial charge in [-0.25, -0.2) is 9.69 Å². The van der Waals surface area contributed by atoms with Crippen LogP contribution in [0, 0.1) is 13.8 Å². The molecule has 4 amide bonds. The van der Waals surface area contributed by atoms with Gasteiger partial charge in [-0.05, 0) is 73.0 Å². The maximum atomic E-state index is 13.2. The van der Waals surface area contributed by atoms with Crippen LogP contribution in [0.4, 0.5) is 10.5 Å². The first-order chi connectivity index (χ1) is 16.8. The molecule has 0 spiro atoms. The second-order valence-corrected chi connectivity index (χ2v) is 8.09. The zero-order chi connectivity index (χ0) is 25.1. The molecule has 1 fully saturated rings. The van der Waals surface area contributed by atoms with Crippen LogP contribution >= 0.6 is 0 Å². The molecular formula is C27H24N2O6. The first-order valence-electron chi connectivity index (χ1n) is 10.8. The maximum absolute atomic E-state index is 13.2. The summed E-state index contributed by atoms with van der Waals surface area (Å²) in [5, 5.41) is 11.7. The summed E-state index contributed by atoms with van der Waals surface area (Å²) in [6.45, 7) is 4.32. The predicted molar refractivity (Wildman–Crippen MR) is 130 cm³/mol. The number of phenolic OH excluding ortho intramolecular Hbond substituents is 1. The van der Waals surface area contributed by atoms with Gasteiger partial charge >= 0.3 is 6.03 Å². The van der Waals surface area contributed by atoms with Gasteiger partial charge in [0.2, 0.25) is 0 Å². The van der Waals surface area contributed by atoms with E-state index in [1.165, 1.54) is 43.0 Å². The molecule has 0 unspecified atom stereocenters. The molecule has 178 valence electrons. The third-order valence-electron chi connectivity index (χ3n) is 5.70. The van der Waals surface area contributed by atoms with Gasteiger partial charge in [0.1, 0.15) is 29.4 Å². The van der Waals surface area contributed by atoms with Gasteiger partial charge in [0.25, 0.3) is 11.8 Å². The lowest BCUT2D eigenvalue weighted by Crippen LogP contribution is -2.54. The minimum absolute atomic E-state index is 0.0192. The van der Waals surface area contributed by atoms with Gasteiger partial charge in [0.05, 0.1) is 12.8 Å². The number of aromatic hydroxyl groups is 1. The summed E-state index contributed by atoms with van der Waals surface area (Å²) in [6, 6.07) is 15.7. The van der Waals surface area contributed by atoms with Gasteiger partial charge < -0.3 is 14.6 Å². The summed E-state index contributed by atoms with van der Waals surface area (Å²) in [5.74, 6) is -0.674. The molecule has 4 rings (SSSR count). The molecule has 0 bridgehead atoms. The molecule has 1 aliphatic rings. The predicted octanol–water partition coefficient (Wildman–Crippen LogP) is 4.26. The molecular weight excluding hydrogens is 448 g/mol. The lowest BCUT2D eigenvalue weighted by Gasteiger charge is -2.26. The van der Waals surface area contributed by atoms with E-state index in [1.54, 1.807) is 18.2 Å². The number of amides is 4. The second-order valence-electron chi connectivity index (χ2n) is 8.09. The molecule has 1 aliphatic heterocycles. The summed E-state index contributed by atoms with van der Waals surface area (Å²) in [7, 11) is 1.53. The number of methoxy groups -OCH3 is 1. The van der Waals surface area contributed by atoms with Crippen LogP contribution in [0.2, 0.25) is 0 Å². The normalized spacial score (nSPS) is 14.8. The average Bonchev–Trinajstić information content (AvgIpc) is 2.84. The number of anilines is 1. The van der Waals surface area contributed by atoms with Gasteiger partial charge in [0, 0.05) is 11.6 Å². The highest BCUT2D eigenvalue weighted by Gasteiger charge is 2.37. The van der Waals surface area contributed by atoms with Gasteiger partial charge in [-0.3, -0.25) is 14.9 Å². The molecule has 0 saturated carbocycles. The Balaban J connectivity index is 1.68. The summed E-state index contributed by atoms with van der Waals surface area (Å²) in [4.78, 5) is 39.0.